The molecule has 0 amide bonds. The van der Waals surface area contributed by atoms with Gasteiger partial charge in [-0.3, -0.25) is 0 Å². The zero-order valence-corrected chi connectivity index (χ0v) is 12.7. The molecule has 0 unspecified atom stereocenters. The molecule has 108 valence electrons. The zero-order chi connectivity index (χ0) is 14.8. The maximum atomic E-state index is 5.91. The van der Waals surface area contributed by atoms with E-state index in [1.165, 1.54) is 27.7 Å². The molecule has 0 radical (unpaired) electrons. The molecule has 0 saturated carbocycles. The Morgan fingerprint density at radius 2 is 1.71 bits per heavy atom. The van der Waals surface area contributed by atoms with Gasteiger partial charge in [0, 0.05) is 24.3 Å². The van der Waals surface area contributed by atoms with E-state index in [-0.39, 0.29) is 0 Å². The summed E-state index contributed by atoms with van der Waals surface area (Å²) in [5.41, 5.74) is 11.1. The van der Waals surface area contributed by atoms with E-state index < -0.39 is 0 Å². The normalized spacial score (nSPS) is 11.4. The summed E-state index contributed by atoms with van der Waals surface area (Å²) in [5.74, 6) is 0.575. The first kappa shape index (κ1) is 13.9. The second-order valence-corrected chi connectivity index (χ2v) is 5.88. The summed E-state index contributed by atoms with van der Waals surface area (Å²) < 4.78 is 2.32. The van der Waals surface area contributed by atoms with Crippen LogP contribution in [0.3, 0.4) is 0 Å². The van der Waals surface area contributed by atoms with Gasteiger partial charge in [0.15, 0.2) is 0 Å². The van der Waals surface area contributed by atoms with Gasteiger partial charge in [0.05, 0.1) is 0 Å². The van der Waals surface area contributed by atoms with Gasteiger partial charge in [-0.05, 0) is 34.6 Å². The highest BCUT2D eigenvalue weighted by Gasteiger charge is 2.08. The van der Waals surface area contributed by atoms with Crippen LogP contribution >= 0.6 is 0 Å². The van der Waals surface area contributed by atoms with Crippen molar-refractivity contribution in [2.45, 2.75) is 32.9 Å². The highest BCUT2D eigenvalue weighted by Crippen LogP contribution is 2.22. The molecule has 2 nitrogen and oxygen atoms in total. The number of nitrogens with zero attached hydrogens (tertiary/aromatic N) is 1. The minimum Gasteiger partial charge on any atom is -0.339 e. The number of benzene rings is 2. The highest BCUT2D eigenvalue weighted by atomic mass is 15.0. The van der Waals surface area contributed by atoms with E-state index in [2.05, 4.69) is 73.0 Å². The summed E-state index contributed by atoms with van der Waals surface area (Å²) in [6.45, 7) is 5.89. The molecular weight excluding hydrogens is 256 g/mol. The number of hydrogen-bond acceptors (Lipinski definition) is 1. The van der Waals surface area contributed by atoms with E-state index in [0.29, 0.717) is 12.5 Å². The summed E-state index contributed by atoms with van der Waals surface area (Å²) in [6, 6.07) is 19.6. The Bertz CT molecular complexity index is 736. The minimum absolute atomic E-state index is 0.568. The first-order chi connectivity index (χ1) is 10.2. The molecule has 2 heteroatoms. The van der Waals surface area contributed by atoms with Crippen molar-refractivity contribution in [3.8, 4) is 0 Å². The van der Waals surface area contributed by atoms with E-state index in [4.69, 9.17) is 5.73 Å². The summed E-state index contributed by atoms with van der Waals surface area (Å²) >= 11 is 0. The average molecular weight is 278 g/mol. The summed E-state index contributed by atoms with van der Waals surface area (Å²) in [5, 5.41) is 1.26. The van der Waals surface area contributed by atoms with Gasteiger partial charge in [0.25, 0.3) is 0 Å². The van der Waals surface area contributed by atoms with Crippen molar-refractivity contribution in [2.24, 2.45) is 5.73 Å². The lowest BCUT2D eigenvalue weighted by atomic mass is 10.0. The van der Waals surface area contributed by atoms with E-state index in [1.54, 1.807) is 0 Å². The molecule has 3 rings (SSSR count). The molecule has 0 aliphatic carbocycles. The molecule has 0 fully saturated rings. The summed E-state index contributed by atoms with van der Waals surface area (Å²) in [4.78, 5) is 0. The van der Waals surface area contributed by atoms with Crippen molar-refractivity contribution < 1.29 is 0 Å². The van der Waals surface area contributed by atoms with Gasteiger partial charge in [0.1, 0.15) is 0 Å². The fourth-order valence-corrected chi connectivity index (χ4v) is 2.81. The Kier molecular flexibility index (Phi) is 3.80. The van der Waals surface area contributed by atoms with Gasteiger partial charge in [-0.25, -0.2) is 0 Å². The number of hydrogen-bond donors (Lipinski definition) is 1. The van der Waals surface area contributed by atoms with Crippen LogP contribution in [0, 0.1) is 0 Å². The van der Waals surface area contributed by atoms with E-state index in [9.17, 15) is 0 Å². The Morgan fingerprint density at radius 1 is 1.00 bits per heavy atom. The fraction of sp³-hybridized carbons (Fsp3) is 0.263. The van der Waals surface area contributed by atoms with Crippen molar-refractivity contribution in [1.82, 2.24) is 4.57 Å². The van der Waals surface area contributed by atoms with Gasteiger partial charge in [-0.1, -0.05) is 56.3 Å². The van der Waals surface area contributed by atoms with Crippen LogP contribution < -0.4 is 5.73 Å². The summed E-state index contributed by atoms with van der Waals surface area (Å²) in [6.07, 6.45) is 0. The Morgan fingerprint density at radius 3 is 2.38 bits per heavy atom. The predicted octanol–water partition coefficient (Wildman–Crippen LogP) is 4.27. The smallest absolute Gasteiger partial charge is 0.0486 e. The van der Waals surface area contributed by atoms with E-state index in [1.807, 2.05) is 0 Å². The minimum atomic E-state index is 0.568. The Balaban J connectivity index is 1.97. The van der Waals surface area contributed by atoms with Crippen LogP contribution in [0.2, 0.25) is 0 Å². The number of aromatic nitrogens is 1. The molecule has 0 saturated heterocycles. The van der Waals surface area contributed by atoms with Crippen molar-refractivity contribution in [3.63, 3.8) is 0 Å². The molecule has 3 aromatic rings. The first-order valence-corrected chi connectivity index (χ1v) is 7.55. The van der Waals surface area contributed by atoms with Crippen molar-refractivity contribution in [3.05, 3.63) is 71.4 Å². The second kappa shape index (κ2) is 5.74. The monoisotopic (exact) mass is 278 g/mol. The van der Waals surface area contributed by atoms with Gasteiger partial charge in [-0.2, -0.15) is 0 Å². The van der Waals surface area contributed by atoms with Crippen LogP contribution in [-0.4, -0.2) is 4.57 Å². The number of fused-ring (bicyclic) bond motifs is 1. The predicted molar refractivity (Wildman–Crippen MR) is 89.5 cm³/mol. The average Bonchev–Trinajstić information content (AvgIpc) is 2.86. The van der Waals surface area contributed by atoms with Crippen LogP contribution in [0.15, 0.2) is 54.6 Å². The SMILES string of the molecule is CC(C)c1ccc(Cn2c(CN)cc3ccccc32)cc1. The van der Waals surface area contributed by atoms with E-state index in [0.717, 1.165) is 6.54 Å². The summed E-state index contributed by atoms with van der Waals surface area (Å²) in [7, 11) is 0. The molecule has 21 heavy (non-hydrogen) atoms. The van der Waals surface area contributed by atoms with Crippen LogP contribution in [0.25, 0.3) is 10.9 Å². The van der Waals surface area contributed by atoms with Crippen LogP contribution in [0.1, 0.15) is 36.6 Å². The molecule has 1 heterocycles. The van der Waals surface area contributed by atoms with Gasteiger partial charge in [-0.15, -0.1) is 0 Å². The third-order valence-corrected chi connectivity index (χ3v) is 4.09. The second-order valence-electron chi connectivity index (χ2n) is 5.88. The number of nitrogens with two attached hydrogens (primary N) is 1. The zero-order valence-electron chi connectivity index (χ0n) is 12.7. The van der Waals surface area contributed by atoms with Crippen LogP contribution in [0.4, 0.5) is 0 Å². The molecule has 0 spiro atoms. The third-order valence-electron chi connectivity index (χ3n) is 4.09. The lowest BCUT2D eigenvalue weighted by Crippen LogP contribution is -2.08. The van der Waals surface area contributed by atoms with Crippen LogP contribution in [0.5, 0.6) is 0 Å². The lowest BCUT2D eigenvalue weighted by Gasteiger charge is -2.11. The fourth-order valence-electron chi connectivity index (χ4n) is 2.81. The largest absolute Gasteiger partial charge is 0.339 e. The van der Waals surface area contributed by atoms with Crippen LogP contribution in [-0.2, 0) is 13.1 Å². The molecule has 0 aliphatic heterocycles. The third kappa shape index (κ3) is 2.72. The Labute approximate surface area is 126 Å². The van der Waals surface area contributed by atoms with E-state index >= 15 is 0 Å². The van der Waals surface area contributed by atoms with Gasteiger partial charge in [0.2, 0.25) is 0 Å². The van der Waals surface area contributed by atoms with Gasteiger partial charge >= 0.3 is 0 Å². The molecule has 2 aromatic carbocycles. The lowest BCUT2D eigenvalue weighted by molar-refractivity contribution is 0.766. The molecule has 0 aliphatic rings. The standard InChI is InChI=1S/C19H22N2/c1-14(2)16-9-7-15(8-10-16)13-21-18(12-20)11-17-5-3-4-6-19(17)21/h3-11,14H,12-13,20H2,1-2H3. The van der Waals surface area contributed by atoms with Crippen molar-refractivity contribution in [2.75, 3.05) is 0 Å². The molecule has 2 N–H and O–H groups in total. The molecular formula is C19H22N2. The van der Waals surface area contributed by atoms with Crippen molar-refractivity contribution >= 4 is 10.9 Å². The molecule has 0 bridgehead atoms. The molecule has 0 atom stereocenters. The maximum Gasteiger partial charge on any atom is 0.0486 e. The van der Waals surface area contributed by atoms with Crippen molar-refractivity contribution in [1.29, 1.82) is 0 Å². The number of para-hydroxylation sites is 1. The quantitative estimate of drug-likeness (QED) is 0.759. The first-order valence-electron chi connectivity index (χ1n) is 7.55. The topological polar surface area (TPSA) is 30.9 Å². The number of rotatable bonds is 4. The highest BCUT2D eigenvalue weighted by molar-refractivity contribution is 5.81. The maximum absolute atomic E-state index is 5.91. The molecule has 1 aromatic heterocycles. The Hall–Kier alpha value is -2.06. The van der Waals surface area contributed by atoms with Gasteiger partial charge < -0.3 is 10.3 Å².